The van der Waals surface area contributed by atoms with E-state index >= 15 is 0 Å². The van der Waals surface area contributed by atoms with Gasteiger partial charge in [0.2, 0.25) is 0 Å². The minimum Gasteiger partial charge on any atom is -0.507 e. The molecule has 0 atom stereocenters. The summed E-state index contributed by atoms with van der Waals surface area (Å²) in [7, 11) is 0. The first kappa shape index (κ1) is 83.9. The maximum atomic E-state index is 12.0. The molecule has 26 heteroatoms. The Hall–Kier alpha value is -11.3. The van der Waals surface area contributed by atoms with Gasteiger partial charge in [-0.2, -0.15) is 20.4 Å². The summed E-state index contributed by atoms with van der Waals surface area (Å²) < 4.78 is 34.7. The van der Waals surface area contributed by atoms with Gasteiger partial charge in [-0.1, -0.05) is 24.3 Å². The van der Waals surface area contributed by atoms with Crippen LogP contribution in [0.25, 0.3) is 0 Å². The topological polar surface area (TPSA) is 337 Å². The van der Waals surface area contributed by atoms with Crippen molar-refractivity contribution >= 4 is 65.3 Å². The molecule has 0 amide bonds. The molecule has 0 fully saturated rings. The Morgan fingerprint density at radius 2 is 0.673 bits per heavy atom. The van der Waals surface area contributed by atoms with Gasteiger partial charge in [0, 0.05) is 52.3 Å². The molecule has 6 heterocycles. The first-order chi connectivity index (χ1) is 47.5. The largest absolute Gasteiger partial charge is 0.507 e. The lowest BCUT2D eigenvalue weighted by molar-refractivity contribution is -0.111. The number of aryl methyl sites for hydroxylation is 9. The van der Waals surface area contributed by atoms with Crippen molar-refractivity contribution in [3.8, 4) is 11.5 Å². The van der Waals surface area contributed by atoms with Gasteiger partial charge in [-0.05, 0) is 218 Å². The Bertz CT molecular complexity index is 4300. The number of hydrogen-bond donors (Lipinski definition) is 4. The molecular weight excluding hydrogens is 1290 g/mol. The first-order valence-corrected chi connectivity index (χ1v) is 32.7. The number of aldehydes is 1. The molecular formula is C75H100N12O14. The predicted molar refractivity (Wildman–Crippen MR) is 394 cm³/mol. The van der Waals surface area contributed by atoms with Crippen LogP contribution in [0, 0.1) is 96.9 Å². The smallest absolute Gasteiger partial charge is 0.340 e. The summed E-state index contributed by atoms with van der Waals surface area (Å²) in [4.78, 5) is 79.7. The minimum atomic E-state index is -0.368. The zero-order valence-electron chi connectivity index (χ0n) is 62.6. The summed E-state index contributed by atoms with van der Waals surface area (Å²) >= 11 is 0. The summed E-state index contributed by atoms with van der Waals surface area (Å²) in [6.07, 6.45) is 2.22. The zero-order valence-corrected chi connectivity index (χ0v) is 62.6. The van der Waals surface area contributed by atoms with E-state index in [1.807, 2.05) is 112 Å². The number of benzene rings is 2. The van der Waals surface area contributed by atoms with Crippen molar-refractivity contribution in [1.29, 1.82) is 0 Å². The normalized spacial score (nSPS) is 11.1. The van der Waals surface area contributed by atoms with Crippen LogP contribution in [0.5, 0.6) is 11.5 Å². The summed E-state index contributed by atoms with van der Waals surface area (Å²) in [5.41, 5.74) is 17.0. The van der Waals surface area contributed by atoms with Gasteiger partial charge in [0.15, 0.2) is 12.1 Å². The third-order valence-corrected chi connectivity index (χ3v) is 15.6. The van der Waals surface area contributed by atoms with Crippen molar-refractivity contribution < 1.29 is 67.5 Å². The molecule has 0 saturated carbocycles. The van der Waals surface area contributed by atoms with Crippen LogP contribution in [0.1, 0.15) is 209 Å². The van der Waals surface area contributed by atoms with E-state index in [1.54, 1.807) is 144 Å². The van der Waals surface area contributed by atoms with Crippen LogP contribution in [0.4, 0.5) is 0 Å². The number of nitrogens with zero attached hydrogens (tertiary/aromatic N) is 10. The van der Waals surface area contributed by atoms with Crippen LogP contribution < -0.4 is 11.7 Å². The fraction of sp³-hybridized carbons (Fsp3) is 0.373. The van der Waals surface area contributed by atoms with Gasteiger partial charge in [0.1, 0.15) is 17.2 Å². The molecule has 6 aromatic heterocycles. The average molecular weight is 1390 g/mol. The molecule has 2 aromatic carbocycles. The fourth-order valence-corrected chi connectivity index (χ4v) is 9.54. The molecule has 0 spiro atoms. The highest BCUT2D eigenvalue weighted by molar-refractivity contribution is 6.40. The lowest BCUT2D eigenvalue weighted by atomic mass is 10.1. The molecule has 0 aliphatic carbocycles. The molecule has 0 unspecified atom stereocenters. The van der Waals surface area contributed by atoms with Crippen LogP contribution in [0.3, 0.4) is 0 Å². The number of nitrogen functional groups attached to an aromatic ring is 2. The SMILES string of the molecule is CCOC(=O)c1cc(C)n(/N=C(C)/C(C)=N/n2c(C)ccc2C)c1C.CCOC(=O)c1cc(C)n(/N=C(\C)C(C)=O)c1C.CCOC(=O)c1cc(C)n(/N=C/c2cccc(C)c2O)c1C.CCOC(=O)c1cc(C)n(N)c1C.CCOC(=O)c1cc(C)n(N)c1C.Cc1cccc(C=O)c1O. The van der Waals surface area contributed by atoms with Crippen molar-refractivity contribution in [3.05, 3.63) is 197 Å². The molecule has 0 bridgehead atoms. The number of Topliss-reactive ketones (excluding diaryl/α,β-unsaturated/α-hetero) is 1. The standard InChI is InChI=1S/C19H26N4O2.C17H20N2O3.C13H18N2O3.2C9H14N2O2.C8H8O2/c1-8-25-19(24)18-11-14(4)23(17(18)7)21-16(6)15(5)20-22-12(2)9-10-13(22)3;1-5-22-17(21)15-9-12(3)19(13(15)4)18-10-14-8-6-7-11(2)16(14)20;1-6-18-13(17)12-7-8(2)15(10(12)4)14-9(3)11(5)16;2*1-4-13-9(12)8-5-6(2)11(10)7(8)3;1-6-3-2-4-7(5-9)8(6)10/h9-11H,8H2,1-7H3;6-10,20H,5H2,1-4H3;7H,6H2,1-5H3;2*5H,4,10H2,1-3H3;2-5,10H,1H3/b20-15+,21-16+;18-10+;14-9+;;;. The summed E-state index contributed by atoms with van der Waals surface area (Å²) in [6.45, 7) is 43.6. The van der Waals surface area contributed by atoms with Crippen LogP contribution >= 0.6 is 0 Å². The second-order valence-corrected chi connectivity index (χ2v) is 23.1. The number of phenolic OH excluding ortho intramolecular Hbond substituents is 2. The molecule has 26 nitrogen and oxygen atoms in total. The van der Waals surface area contributed by atoms with Gasteiger partial charge >= 0.3 is 29.8 Å². The number of ether oxygens (including phenoxy) is 5. The third kappa shape index (κ3) is 22.6. The number of phenols is 2. The van der Waals surface area contributed by atoms with Gasteiger partial charge in [0.05, 0.1) is 113 Å². The number of esters is 5. The summed E-state index contributed by atoms with van der Waals surface area (Å²) in [5, 5.41) is 37.0. The van der Waals surface area contributed by atoms with E-state index in [1.165, 1.54) is 16.3 Å². The molecule has 0 aliphatic heterocycles. The molecule has 8 aromatic rings. The minimum absolute atomic E-state index is 0.0810. The number of aromatic hydroxyl groups is 2. The number of aromatic nitrogens is 6. The fourth-order valence-electron chi connectivity index (χ4n) is 9.54. The number of nitrogens with two attached hydrogens (primary N) is 2. The van der Waals surface area contributed by atoms with Gasteiger partial charge in [-0.25, -0.2) is 42.7 Å². The number of rotatable bonds is 18. The Balaban J connectivity index is 0.000000323. The maximum absolute atomic E-state index is 12.0. The van der Waals surface area contributed by atoms with Crippen molar-refractivity contribution in [1.82, 2.24) is 28.1 Å². The van der Waals surface area contributed by atoms with E-state index in [2.05, 4.69) is 20.4 Å². The first-order valence-electron chi connectivity index (χ1n) is 32.7. The average Bonchev–Trinajstić information content (AvgIpc) is 1.70. The van der Waals surface area contributed by atoms with Crippen LogP contribution in [-0.2, 0) is 28.5 Å². The predicted octanol–water partition coefficient (Wildman–Crippen LogP) is 12.6. The van der Waals surface area contributed by atoms with Crippen molar-refractivity contribution in [3.63, 3.8) is 0 Å². The highest BCUT2D eigenvalue weighted by Crippen LogP contribution is 2.24. The quantitative estimate of drug-likeness (QED) is 0.0204. The van der Waals surface area contributed by atoms with Crippen LogP contribution in [0.15, 0.2) is 99.3 Å². The molecule has 6 N–H and O–H groups in total. The second kappa shape index (κ2) is 39.3. The van der Waals surface area contributed by atoms with Gasteiger partial charge in [0.25, 0.3) is 0 Å². The van der Waals surface area contributed by atoms with E-state index in [9.17, 15) is 38.7 Å². The third-order valence-electron chi connectivity index (χ3n) is 15.6. The van der Waals surface area contributed by atoms with E-state index in [0.717, 1.165) is 79.5 Å². The Morgan fingerprint density at radius 1 is 0.386 bits per heavy atom. The molecule has 0 radical (unpaired) electrons. The lowest BCUT2D eigenvalue weighted by Crippen LogP contribution is -2.13. The number of carbonyl (C=O) groups is 7. The molecule has 0 saturated heterocycles. The van der Waals surface area contributed by atoms with Gasteiger partial charge in [-0.3, -0.25) is 18.9 Å². The molecule has 8 rings (SSSR count). The van der Waals surface area contributed by atoms with Gasteiger partial charge < -0.3 is 45.6 Å². The zero-order chi connectivity index (χ0) is 76.4. The molecule has 544 valence electrons. The Morgan fingerprint density at radius 3 is 0.980 bits per heavy atom. The molecule has 101 heavy (non-hydrogen) atoms. The van der Waals surface area contributed by atoms with Crippen molar-refractivity contribution in [2.45, 2.75) is 159 Å². The van der Waals surface area contributed by atoms with E-state index in [-0.39, 0.29) is 47.1 Å². The van der Waals surface area contributed by atoms with Crippen LogP contribution in [0.2, 0.25) is 0 Å². The van der Waals surface area contributed by atoms with E-state index in [0.29, 0.717) is 95.4 Å². The lowest BCUT2D eigenvalue weighted by Gasteiger charge is -2.08. The van der Waals surface area contributed by atoms with E-state index < -0.39 is 0 Å². The second-order valence-electron chi connectivity index (χ2n) is 23.1. The van der Waals surface area contributed by atoms with Crippen LogP contribution in [-0.4, -0.2) is 137 Å². The van der Waals surface area contributed by atoms with Crippen molar-refractivity contribution in [2.75, 3.05) is 44.7 Å². The highest BCUT2D eigenvalue weighted by atomic mass is 16.5. The Labute approximate surface area is 591 Å². The maximum Gasteiger partial charge on any atom is 0.340 e. The summed E-state index contributed by atoms with van der Waals surface area (Å²) in [6, 6.07) is 23.3. The number of carbonyl (C=O) groups excluding carboxylic acids is 7. The summed E-state index contributed by atoms with van der Waals surface area (Å²) in [5.74, 6) is 9.82. The van der Waals surface area contributed by atoms with E-state index in [4.69, 9.17) is 40.5 Å². The molecule has 0 aliphatic rings. The number of hydrogen-bond acceptors (Lipinski definition) is 20. The van der Waals surface area contributed by atoms with Crippen molar-refractivity contribution in [2.24, 2.45) is 20.4 Å². The monoisotopic (exact) mass is 1390 g/mol. The number of para-hydroxylation sites is 2. The van der Waals surface area contributed by atoms with Gasteiger partial charge in [-0.15, -0.1) is 0 Å². The Kier molecular flexibility index (Phi) is 32.7. The number of ketones is 1. The highest BCUT2D eigenvalue weighted by Gasteiger charge is 2.21.